The molecule has 1 N–H and O–H groups in total. The summed E-state index contributed by atoms with van der Waals surface area (Å²) < 4.78 is 35.0. The van der Waals surface area contributed by atoms with Gasteiger partial charge in [0.05, 0.1) is 12.8 Å². The highest BCUT2D eigenvalue weighted by Crippen LogP contribution is 2.30. The van der Waals surface area contributed by atoms with Gasteiger partial charge in [0.1, 0.15) is 11.6 Å². The van der Waals surface area contributed by atoms with E-state index in [9.17, 15) is 8.42 Å². The first kappa shape index (κ1) is 14.6. The first-order valence-corrected chi connectivity index (χ1v) is 9.02. The molecule has 3 heterocycles. The van der Waals surface area contributed by atoms with Crippen LogP contribution in [0.4, 0.5) is 0 Å². The van der Waals surface area contributed by atoms with E-state index in [1.807, 2.05) is 17.7 Å². The third-order valence-corrected chi connectivity index (χ3v) is 6.46. The van der Waals surface area contributed by atoms with E-state index in [0.29, 0.717) is 12.3 Å². The highest BCUT2D eigenvalue weighted by atomic mass is 32.2. The van der Waals surface area contributed by atoms with E-state index in [2.05, 4.69) is 9.71 Å². The molecule has 2 aromatic heterocycles. The van der Waals surface area contributed by atoms with Crippen LogP contribution in [0.1, 0.15) is 17.9 Å². The fourth-order valence-electron chi connectivity index (χ4n) is 2.59. The standard InChI is InChI=1S/C13H17N3O3S2/c1-9-7-16-8-10(3-4-12(16)14-9)15-21(17,18)13-11(19-2)5-6-20-13/h5-7,10,15H,3-4,8H2,1-2H3/t10-/m1/s1. The summed E-state index contributed by atoms with van der Waals surface area (Å²) in [5.41, 5.74) is 0.966. The van der Waals surface area contributed by atoms with Crippen molar-refractivity contribution < 1.29 is 13.2 Å². The molecule has 0 bridgehead atoms. The zero-order valence-corrected chi connectivity index (χ0v) is 13.5. The summed E-state index contributed by atoms with van der Waals surface area (Å²) in [6, 6.07) is 1.54. The van der Waals surface area contributed by atoms with Gasteiger partial charge in [0, 0.05) is 25.2 Å². The van der Waals surface area contributed by atoms with Crippen LogP contribution in [-0.4, -0.2) is 31.1 Å². The molecule has 1 aliphatic heterocycles. The normalized spacial score (nSPS) is 18.5. The van der Waals surface area contributed by atoms with Gasteiger partial charge in [-0.05, 0) is 24.8 Å². The quantitative estimate of drug-likeness (QED) is 0.925. The van der Waals surface area contributed by atoms with Crippen molar-refractivity contribution >= 4 is 21.4 Å². The summed E-state index contributed by atoms with van der Waals surface area (Å²) in [5, 5.41) is 1.71. The minimum atomic E-state index is -3.55. The number of rotatable bonds is 4. The first-order valence-electron chi connectivity index (χ1n) is 6.66. The summed E-state index contributed by atoms with van der Waals surface area (Å²) in [4.78, 5) is 4.43. The number of hydrogen-bond acceptors (Lipinski definition) is 5. The highest BCUT2D eigenvalue weighted by Gasteiger charge is 2.27. The highest BCUT2D eigenvalue weighted by molar-refractivity contribution is 7.91. The molecule has 3 rings (SSSR count). The zero-order valence-electron chi connectivity index (χ0n) is 11.9. The predicted octanol–water partition coefficient (Wildman–Crippen LogP) is 1.55. The van der Waals surface area contributed by atoms with E-state index in [-0.39, 0.29) is 10.3 Å². The number of nitrogens with one attached hydrogen (secondary N) is 1. The average Bonchev–Trinajstić information content (AvgIpc) is 3.02. The van der Waals surface area contributed by atoms with E-state index in [1.165, 1.54) is 7.11 Å². The number of fused-ring (bicyclic) bond motifs is 1. The Morgan fingerprint density at radius 1 is 1.52 bits per heavy atom. The van der Waals surface area contributed by atoms with E-state index in [4.69, 9.17) is 4.74 Å². The van der Waals surface area contributed by atoms with Gasteiger partial charge >= 0.3 is 0 Å². The minimum Gasteiger partial charge on any atom is -0.494 e. The van der Waals surface area contributed by atoms with Gasteiger partial charge in [-0.1, -0.05) is 0 Å². The van der Waals surface area contributed by atoms with Crippen LogP contribution in [0.2, 0.25) is 0 Å². The number of nitrogens with zero attached hydrogens (tertiary/aromatic N) is 2. The van der Waals surface area contributed by atoms with Crippen molar-refractivity contribution in [3.05, 3.63) is 29.2 Å². The lowest BCUT2D eigenvalue weighted by Crippen LogP contribution is -2.40. The van der Waals surface area contributed by atoms with E-state index in [1.54, 1.807) is 11.4 Å². The lowest BCUT2D eigenvalue weighted by Gasteiger charge is -2.24. The molecule has 8 heteroatoms. The minimum absolute atomic E-state index is 0.122. The molecule has 6 nitrogen and oxygen atoms in total. The van der Waals surface area contributed by atoms with Crippen LogP contribution in [0.3, 0.4) is 0 Å². The van der Waals surface area contributed by atoms with E-state index < -0.39 is 10.0 Å². The van der Waals surface area contributed by atoms with Crippen molar-refractivity contribution in [1.29, 1.82) is 0 Å². The number of ether oxygens (including phenoxy) is 1. The molecule has 0 unspecified atom stereocenters. The fraction of sp³-hybridized carbons (Fsp3) is 0.462. The summed E-state index contributed by atoms with van der Waals surface area (Å²) in [7, 11) is -2.07. The third kappa shape index (κ3) is 2.83. The van der Waals surface area contributed by atoms with Crippen LogP contribution in [0.15, 0.2) is 21.9 Å². The molecular weight excluding hydrogens is 310 g/mol. The molecule has 0 saturated carbocycles. The summed E-state index contributed by atoms with van der Waals surface area (Å²) >= 11 is 1.16. The monoisotopic (exact) mass is 327 g/mol. The molecule has 2 aromatic rings. The van der Waals surface area contributed by atoms with Crippen molar-refractivity contribution in [3.63, 3.8) is 0 Å². The van der Waals surface area contributed by atoms with Crippen molar-refractivity contribution in [1.82, 2.24) is 14.3 Å². The van der Waals surface area contributed by atoms with Gasteiger partial charge in [0.25, 0.3) is 10.0 Å². The zero-order chi connectivity index (χ0) is 15.0. The molecule has 0 fully saturated rings. The molecular formula is C13H17N3O3S2. The van der Waals surface area contributed by atoms with Crippen molar-refractivity contribution in [3.8, 4) is 5.75 Å². The number of sulfonamides is 1. The maximum atomic E-state index is 12.5. The molecule has 0 aromatic carbocycles. The van der Waals surface area contributed by atoms with Crippen LogP contribution in [-0.2, 0) is 23.0 Å². The Morgan fingerprint density at radius 2 is 2.33 bits per heavy atom. The molecule has 0 spiro atoms. The van der Waals surface area contributed by atoms with Crippen LogP contribution < -0.4 is 9.46 Å². The average molecular weight is 327 g/mol. The second-order valence-corrected chi connectivity index (χ2v) is 7.91. The number of aryl methyl sites for hydroxylation is 2. The van der Waals surface area contributed by atoms with Gasteiger partial charge in [0.2, 0.25) is 0 Å². The Bertz CT molecular complexity index is 749. The maximum Gasteiger partial charge on any atom is 0.254 e. The lowest BCUT2D eigenvalue weighted by molar-refractivity contribution is 0.402. The topological polar surface area (TPSA) is 73.2 Å². The number of imidazole rings is 1. The van der Waals surface area contributed by atoms with Gasteiger partial charge in [-0.3, -0.25) is 0 Å². The van der Waals surface area contributed by atoms with Crippen LogP contribution in [0, 0.1) is 6.92 Å². The first-order chi connectivity index (χ1) is 9.99. The van der Waals surface area contributed by atoms with Gasteiger partial charge in [0.15, 0.2) is 4.21 Å². The van der Waals surface area contributed by atoms with E-state index >= 15 is 0 Å². The summed E-state index contributed by atoms with van der Waals surface area (Å²) in [6.07, 6.45) is 3.49. The Morgan fingerprint density at radius 3 is 3.10 bits per heavy atom. The number of hydrogen-bond donors (Lipinski definition) is 1. The SMILES string of the molecule is COc1ccsc1S(=O)(=O)N[C@@H]1CCc2nc(C)cn2C1. The van der Waals surface area contributed by atoms with Crippen molar-refractivity contribution in [2.75, 3.05) is 7.11 Å². The van der Waals surface area contributed by atoms with Gasteiger partial charge in [-0.15, -0.1) is 11.3 Å². The maximum absolute atomic E-state index is 12.5. The van der Waals surface area contributed by atoms with Crippen molar-refractivity contribution in [2.24, 2.45) is 0 Å². The van der Waals surface area contributed by atoms with Gasteiger partial charge in [-0.25, -0.2) is 18.1 Å². The Balaban J connectivity index is 1.78. The molecule has 0 saturated heterocycles. The van der Waals surface area contributed by atoms with E-state index in [0.717, 1.165) is 35.7 Å². The largest absolute Gasteiger partial charge is 0.494 e. The number of thiophene rings is 1. The second-order valence-electron chi connectivity index (χ2n) is 5.08. The lowest BCUT2D eigenvalue weighted by atomic mass is 10.1. The summed E-state index contributed by atoms with van der Waals surface area (Å²) in [6.45, 7) is 2.56. The molecule has 1 aliphatic rings. The molecule has 0 amide bonds. The van der Waals surface area contributed by atoms with Crippen LogP contribution >= 0.6 is 11.3 Å². The summed E-state index contributed by atoms with van der Waals surface area (Å²) in [5.74, 6) is 1.42. The van der Waals surface area contributed by atoms with Gasteiger partial charge in [-0.2, -0.15) is 0 Å². The Hall–Kier alpha value is -1.38. The fourth-order valence-corrected chi connectivity index (χ4v) is 5.14. The smallest absolute Gasteiger partial charge is 0.254 e. The Kier molecular flexibility index (Phi) is 3.76. The van der Waals surface area contributed by atoms with Crippen molar-refractivity contribution in [2.45, 2.75) is 36.6 Å². The molecule has 21 heavy (non-hydrogen) atoms. The van der Waals surface area contributed by atoms with Gasteiger partial charge < -0.3 is 9.30 Å². The number of aromatic nitrogens is 2. The van der Waals surface area contributed by atoms with Crippen LogP contribution in [0.5, 0.6) is 5.75 Å². The predicted molar refractivity (Wildman–Crippen MR) is 80.3 cm³/mol. The third-order valence-electron chi connectivity index (χ3n) is 3.49. The second kappa shape index (κ2) is 5.43. The Labute approximate surface area is 127 Å². The number of methoxy groups -OCH3 is 1. The van der Waals surface area contributed by atoms with Crippen LogP contribution in [0.25, 0.3) is 0 Å². The molecule has 0 radical (unpaired) electrons. The molecule has 0 aliphatic carbocycles. The molecule has 1 atom stereocenters. The molecule has 114 valence electrons.